The van der Waals surface area contributed by atoms with Gasteiger partial charge >= 0.3 is 0 Å². The second-order valence-electron chi connectivity index (χ2n) is 13.4. The van der Waals surface area contributed by atoms with E-state index in [0.717, 1.165) is 109 Å². The molecule has 250 valence electrons. The van der Waals surface area contributed by atoms with Crippen LogP contribution in [0.1, 0.15) is 97.8 Å². The summed E-state index contributed by atoms with van der Waals surface area (Å²) in [5.41, 5.74) is 12.9. The standard InChI is InChI=1S/C33H63ClN6O3/c1-5-8-9-16-39-18-13-29(43-26-11-10-17-40(23-26)19-20-42-4)28(24-39)38-32(41)30(31(35)36)27-21-33(7-3,14-6-2)15-12-25(34)22-37-27/h22,26-31,37H,5-21,23-24,35-36H2,1-4H3,(H,38,41)/b25-22+/t26-,27?,28?,29?,30?,33?/m0/s1. The molecule has 43 heavy (non-hydrogen) atoms. The average molecular weight is 627 g/mol. The van der Waals surface area contributed by atoms with Gasteiger partial charge in [0.05, 0.1) is 36.9 Å². The van der Waals surface area contributed by atoms with Crippen LogP contribution in [-0.2, 0) is 14.3 Å². The average Bonchev–Trinajstić information content (AvgIpc) is 2.98. The maximum Gasteiger partial charge on any atom is 0.228 e. The minimum absolute atomic E-state index is 0.0390. The number of halogens is 1. The van der Waals surface area contributed by atoms with Crippen molar-refractivity contribution in [2.24, 2.45) is 22.8 Å². The zero-order chi connectivity index (χ0) is 31.2. The molecule has 3 aliphatic rings. The Morgan fingerprint density at radius 3 is 2.63 bits per heavy atom. The van der Waals surface area contributed by atoms with Crippen molar-refractivity contribution in [1.82, 2.24) is 20.4 Å². The third-order valence-electron chi connectivity index (χ3n) is 10.2. The van der Waals surface area contributed by atoms with Gasteiger partial charge in [0.2, 0.25) is 5.91 Å². The number of carbonyl (C=O) groups is 1. The molecule has 0 radical (unpaired) electrons. The van der Waals surface area contributed by atoms with Gasteiger partial charge in [0, 0.05) is 50.6 Å². The normalized spacial score (nSPS) is 31.5. The van der Waals surface area contributed by atoms with E-state index in [2.05, 4.69) is 41.2 Å². The lowest BCUT2D eigenvalue weighted by Crippen LogP contribution is -2.62. The first kappa shape index (κ1) is 36.5. The lowest BCUT2D eigenvalue weighted by atomic mass is 9.69. The zero-order valence-electron chi connectivity index (χ0n) is 27.6. The molecule has 0 aliphatic carbocycles. The fourth-order valence-electron chi connectivity index (χ4n) is 7.56. The fourth-order valence-corrected chi connectivity index (χ4v) is 7.71. The van der Waals surface area contributed by atoms with Crippen LogP contribution in [0.3, 0.4) is 0 Å². The van der Waals surface area contributed by atoms with Gasteiger partial charge in [-0.3, -0.25) is 9.69 Å². The van der Waals surface area contributed by atoms with Crippen molar-refractivity contribution < 1.29 is 14.3 Å². The highest BCUT2D eigenvalue weighted by atomic mass is 35.5. The molecule has 2 saturated heterocycles. The van der Waals surface area contributed by atoms with Crippen LogP contribution in [0.5, 0.6) is 0 Å². The quantitative estimate of drug-likeness (QED) is 0.149. The van der Waals surface area contributed by atoms with Crippen molar-refractivity contribution in [1.29, 1.82) is 0 Å². The molecule has 6 atom stereocenters. The number of likely N-dealkylation sites (tertiary alicyclic amines) is 2. The van der Waals surface area contributed by atoms with E-state index >= 15 is 0 Å². The van der Waals surface area contributed by atoms with E-state index in [1.807, 2.05) is 6.20 Å². The fraction of sp³-hybridized carbons (Fsp3) is 0.909. The molecule has 5 unspecified atom stereocenters. The molecule has 1 amide bonds. The Morgan fingerprint density at radius 1 is 1.14 bits per heavy atom. The summed E-state index contributed by atoms with van der Waals surface area (Å²) in [6, 6.07) is -0.311. The molecule has 0 saturated carbocycles. The molecule has 10 heteroatoms. The molecule has 3 rings (SSSR count). The number of nitrogens with one attached hydrogen (secondary N) is 2. The summed E-state index contributed by atoms with van der Waals surface area (Å²) in [5, 5.41) is 7.71. The molecular weight excluding hydrogens is 564 g/mol. The van der Waals surface area contributed by atoms with Crippen LogP contribution in [0.2, 0.25) is 0 Å². The number of nitrogens with zero attached hydrogens (tertiary/aromatic N) is 2. The largest absolute Gasteiger partial charge is 0.386 e. The van der Waals surface area contributed by atoms with E-state index in [4.69, 9.17) is 32.5 Å². The Kier molecular flexibility index (Phi) is 16.0. The lowest BCUT2D eigenvalue weighted by Gasteiger charge is -2.44. The van der Waals surface area contributed by atoms with E-state index in [1.165, 1.54) is 19.3 Å². The Bertz CT molecular complexity index is 847. The number of carbonyl (C=O) groups excluding carboxylic acids is 1. The predicted molar refractivity (Wildman–Crippen MR) is 177 cm³/mol. The monoisotopic (exact) mass is 626 g/mol. The van der Waals surface area contributed by atoms with Crippen LogP contribution >= 0.6 is 11.6 Å². The summed E-state index contributed by atoms with van der Waals surface area (Å²) in [6.45, 7) is 13.2. The van der Waals surface area contributed by atoms with Crippen LogP contribution in [-0.4, -0.2) is 99.1 Å². The van der Waals surface area contributed by atoms with E-state index in [1.54, 1.807) is 7.11 Å². The first-order chi connectivity index (χ1) is 20.7. The number of piperidine rings is 2. The summed E-state index contributed by atoms with van der Waals surface area (Å²) in [5.74, 6) is -0.671. The van der Waals surface area contributed by atoms with Gasteiger partial charge in [0.15, 0.2) is 0 Å². The summed E-state index contributed by atoms with van der Waals surface area (Å²) in [6.07, 6.45) is 13.8. The van der Waals surface area contributed by atoms with Crippen molar-refractivity contribution in [3.8, 4) is 0 Å². The van der Waals surface area contributed by atoms with Crippen LogP contribution in [0.15, 0.2) is 11.2 Å². The van der Waals surface area contributed by atoms with Crippen LogP contribution in [0.4, 0.5) is 0 Å². The van der Waals surface area contributed by atoms with Crippen LogP contribution in [0, 0.1) is 11.3 Å². The van der Waals surface area contributed by atoms with E-state index < -0.39 is 12.1 Å². The summed E-state index contributed by atoms with van der Waals surface area (Å²) in [7, 11) is 1.75. The Labute approximate surface area is 267 Å². The molecule has 0 bridgehead atoms. The van der Waals surface area contributed by atoms with Gasteiger partial charge in [-0.25, -0.2) is 0 Å². The number of ether oxygens (including phenoxy) is 2. The number of unbranched alkanes of at least 4 members (excludes halogenated alkanes) is 2. The van der Waals surface area contributed by atoms with E-state index in [9.17, 15) is 4.79 Å². The first-order valence-electron chi connectivity index (χ1n) is 17.2. The van der Waals surface area contributed by atoms with Gasteiger partial charge in [-0.1, -0.05) is 58.1 Å². The number of rotatable bonds is 16. The molecule has 6 N–H and O–H groups in total. The number of allylic oxidation sites excluding steroid dienone is 1. The summed E-state index contributed by atoms with van der Waals surface area (Å²) >= 11 is 6.58. The third kappa shape index (κ3) is 11.4. The predicted octanol–water partition coefficient (Wildman–Crippen LogP) is 4.14. The molecule has 0 aromatic rings. The van der Waals surface area contributed by atoms with Gasteiger partial charge in [0.1, 0.15) is 0 Å². The van der Waals surface area contributed by atoms with Crippen molar-refractivity contribution in [3.63, 3.8) is 0 Å². The SMILES string of the molecule is CCCCCN1CCC(O[C@H]2CCCN(CCOC)C2)C(NC(=O)C(C(N)N)C2CC(CC)(CCC)CC/C(Cl)=C\N2)C1. The highest BCUT2D eigenvalue weighted by Crippen LogP contribution is 2.42. The van der Waals surface area contributed by atoms with E-state index in [-0.39, 0.29) is 35.6 Å². The second-order valence-corrected chi connectivity index (χ2v) is 13.9. The minimum atomic E-state index is -0.795. The van der Waals surface area contributed by atoms with Crippen molar-refractivity contribution >= 4 is 17.5 Å². The molecule has 9 nitrogen and oxygen atoms in total. The molecule has 0 aromatic heterocycles. The molecule has 0 aromatic carbocycles. The zero-order valence-corrected chi connectivity index (χ0v) is 28.4. The highest BCUT2D eigenvalue weighted by Gasteiger charge is 2.41. The lowest BCUT2D eigenvalue weighted by molar-refractivity contribution is -0.132. The molecule has 3 aliphatic heterocycles. The maximum atomic E-state index is 14.2. The van der Waals surface area contributed by atoms with Gasteiger partial charge in [-0.15, -0.1) is 0 Å². The van der Waals surface area contributed by atoms with Gasteiger partial charge in [-0.2, -0.15) is 0 Å². The molecule has 3 heterocycles. The second kappa shape index (κ2) is 18.9. The number of nitrogens with two attached hydrogens (primary N) is 2. The smallest absolute Gasteiger partial charge is 0.228 e. The Hall–Kier alpha value is -0.940. The first-order valence-corrected chi connectivity index (χ1v) is 17.6. The maximum absolute atomic E-state index is 14.2. The van der Waals surface area contributed by atoms with Crippen LogP contribution < -0.4 is 22.1 Å². The van der Waals surface area contributed by atoms with Gasteiger partial charge in [-0.05, 0) is 69.9 Å². The summed E-state index contributed by atoms with van der Waals surface area (Å²) in [4.78, 5) is 19.1. The van der Waals surface area contributed by atoms with Gasteiger partial charge in [0.25, 0.3) is 0 Å². The topological polar surface area (TPSA) is 118 Å². The van der Waals surface area contributed by atoms with Crippen LogP contribution in [0.25, 0.3) is 0 Å². The molecule has 2 fully saturated rings. The minimum Gasteiger partial charge on any atom is -0.386 e. The van der Waals surface area contributed by atoms with Gasteiger partial charge < -0.3 is 36.5 Å². The Balaban J connectivity index is 1.77. The Morgan fingerprint density at radius 2 is 1.93 bits per heavy atom. The molecule has 0 spiro atoms. The highest BCUT2D eigenvalue weighted by molar-refractivity contribution is 6.29. The number of hydrogen-bond acceptors (Lipinski definition) is 8. The van der Waals surface area contributed by atoms with Crippen molar-refractivity contribution in [3.05, 3.63) is 11.2 Å². The van der Waals surface area contributed by atoms with Crippen molar-refractivity contribution in [2.75, 3.05) is 53.0 Å². The van der Waals surface area contributed by atoms with Crippen molar-refractivity contribution in [2.45, 2.75) is 128 Å². The van der Waals surface area contributed by atoms with E-state index in [0.29, 0.717) is 0 Å². The molecular formula is C33H63ClN6O3. The third-order valence-corrected chi connectivity index (χ3v) is 10.5. The summed E-state index contributed by atoms with van der Waals surface area (Å²) < 4.78 is 12.1. The number of hydrogen-bond donors (Lipinski definition) is 4. The number of methoxy groups -OCH3 is 1. The number of amides is 1.